The predicted molar refractivity (Wildman–Crippen MR) is 82.1 cm³/mol. The molecule has 1 atom stereocenters. The van der Waals surface area contributed by atoms with Gasteiger partial charge in [-0.25, -0.2) is 0 Å². The molecule has 1 fully saturated rings. The number of likely N-dealkylation sites (N-methyl/N-ethyl adjacent to an activating group) is 1. The summed E-state index contributed by atoms with van der Waals surface area (Å²) >= 11 is 0. The van der Waals surface area contributed by atoms with Crippen LogP contribution in [0.15, 0.2) is 24.3 Å². The van der Waals surface area contributed by atoms with Gasteiger partial charge in [0.2, 0.25) is 0 Å². The molecule has 1 aromatic rings. The first-order valence-electron chi connectivity index (χ1n) is 7.68. The lowest BCUT2D eigenvalue weighted by Crippen LogP contribution is -2.50. The zero-order chi connectivity index (χ0) is 14.6. The third-order valence-corrected chi connectivity index (χ3v) is 4.63. The number of rotatable bonds is 5. The quantitative estimate of drug-likeness (QED) is 0.895. The lowest BCUT2D eigenvalue weighted by molar-refractivity contribution is -0.0336. The Morgan fingerprint density at radius 3 is 2.25 bits per heavy atom. The van der Waals surface area contributed by atoms with Gasteiger partial charge < -0.3 is 14.7 Å². The average Bonchev–Trinajstić information content (AvgIpc) is 2.48. The van der Waals surface area contributed by atoms with Gasteiger partial charge in [0, 0.05) is 0 Å². The number of nitrogens with zero attached hydrogens (tertiary/aromatic N) is 1. The Balaban J connectivity index is 2.20. The monoisotopic (exact) mass is 277 g/mol. The van der Waals surface area contributed by atoms with E-state index in [9.17, 15) is 5.11 Å². The van der Waals surface area contributed by atoms with E-state index in [1.165, 1.54) is 19.3 Å². The summed E-state index contributed by atoms with van der Waals surface area (Å²) in [5.41, 5.74) is 0.870. The molecule has 3 nitrogen and oxygen atoms in total. The molecule has 2 rings (SSSR count). The Bertz CT molecular complexity index is 408. The van der Waals surface area contributed by atoms with Crippen molar-refractivity contribution >= 4 is 0 Å². The molecule has 0 aromatic heterocycles. The van der Waals surface area contributed by atoms with Gasteiger partial charge in [0.05, 0.1) is 18.2 Å². The van der Waals surface area contributed by atoms with E-state index in [0.29, 0.717) is 6.61 Å². The summed E-state index contributed by atoms with van der Waals surface area (Å²) < 4.78 is 5.47. The van der Waals surface area contributed by atoms with Crippen LogP contribution in [0.25, 0.3) is 0 Å². The van der Waals surface area contributed by atoms with E-state index in [1.807, 2.05) is 31.2 Å². The Labute approximate surface area is 122 Å². The van der Waals surface area contributed by atoms with Crippen LogP contribution >= 0.6 is 0 Å². The zero-order valence-corrected chi connectivity index (χ0v) is 12.9. The molecule has 0 saturated heterocycles. The Kier molecular flexibility index (Phi) is 5.06. The smallest absolute Gasteiger partial charge is 0.119 e. The van der Waals surface area contributed by atoms with Crippen LogP contribution in [0, 0.1) is 0 Å². The summed E-state index contributed by atoms with van der Waals surface area (Å²) in [6.45, 7) is 2.65. The van der Waals surface area contributed by atoms with Gasteiger partial charge in [-0.2, -0.15) is 0 Å². The van der Waals surface area contributed by atoms with Crippen molar-refractivity contribution in [3.63, 3.8) is 0 Å². The van der Waals surface area contributed by atoms with Crippen LogP contribution in [-0.2, 0) is 0 Å². The summed E-state index contributed by atoms with van der Waals surface area (Å²) in [7, 11) is 4.17. The Hall–Kier alpha value is -1.06. The molecule has 0 radical (unpaired) electrons. The van der Waals surface area contributed by atoms with Crippen LogP contribution in [0.3, 0.4) is 0 Å². The second kappa shape index (κ2) is 6.59. The summed E-state index contributed by atoms with van der Waals surface area (Å²) in [5, 5.41) is 10.9. The highest BCUT2D eigenvalue weighted by Gasteiger charge is 2.41. The van der Waals surface area contributed by atoms with Crippen molar-refractivity contribution in [3.8, 4) is 5.75 Å². The summed E-state index contributed by atoms with van der Waals surface area (Å²) in [5.74, 6) is 0.867. The zero-order valence-electron chi connectivity index (χ0n) is 12.9. The van der Waals surface area contributed by atoms with Crippen LogP contribution in [-0.4, -0.2) is 36.2 Å². The predicted octanol–water partition coefficient (Wildman–Crippen LogP) is 3.38. The van der Waals surface area contributed by atoms with Crippen LogP contribution in [0.1, 0.15) is 50.7 Å². The fourth-order valence-electron chi connectivity index (χ4n) is 3.35. The minimum absolute atomic E-state index is 0.120. The summed E-state index contributed by atoms with van der Waals surface area (Å²) in [6.07, 6.45) is 5.38. The minimum atomic E-state index is -0.437. The third-order valence-electron chi connectivity index (χ3n) is 4.63. The Morgan fingerprint density at radius 1 is 1.15 bits per heavy atom. The number of aliphatic hydroxyl groups excluding tert-OH is 1. The lowest BCUT2D eigenvalue weighted by atomic mass is 9.74. The van der Waals surface area contributed by atoms with Crippen molar-refractivity contribution < 1.29 is 9.84 Å². The molecule has 1 saturated carbocycles. The number of aliphatic hydroxyl groups is 1. The van der Waals surface area contributed by atoms with Crippen molar-refractivity contribution in [2.45, 2.75) is 50.7 Å². The van der Waals surface area contributed by atoms with Crippen LogP contribution in [0.2, 0.25) is 0 Å². The molecule has 1 aliphatic carbocycles. The SMILES string of the molecule is CCOc1ccc(C(O)C2(N(C)C)CCCCC2)cc1. The second-order valence-electron chi connectivity index (χ2n) is 5.96. The molecular weight excluding hydrogens is 250 g/mol. The maximum atomic E-state index is 10.9. The van der Waals surface area contributed by atoms with Crippen molar-refractivity contribution in [3.05, 3.63) is 29.8 Å². The van der Waals surface area contributed by atoms with Crippen molar-refractivity contribution in [2.75, 3.05) is 20.7 Å². The highest BCUT2D eigenvalue weighted by Crippen LogP contribution is 2.42. The first-order valence-corrected chi connectivity index (χ1v) is 7.68. The van der Waals surface area contributed by atoms with Gasteiger partial charge in [-0.05, 0) is 51.6 Å². The molecule has 0 bridgehead atoms. The number of ether oxygens (including phenoxy) is 1. The molecule has 1 aromatic carbocycles. The molecular formula is C17H27NO2. The second-order valence-corrected chi connectivity index (χ2v) is 5.96. The van der Waals surface area contributed by atoms with Gasteiger partial charge in [-0.1, -0.05) is 31.4 Å². The van der Waals surface area contributed by atoms with E-state index in [-0.39, 0.29) is 5.54 Å². The topological polar surface area (TPSA) is 32.7 Å². The highest BCUT2D eigenvalue weighted by molar-refractivity contribution is 5.30. The fraction of sp³-hybridized carbons (Fsp3) is 0.647. The van der Waals surface area contributed by atoms with Gasteiger partial charge in [-0.15, -0.1) is 0 Å². The molecule has 0 heterocycles. The van der Waals surface area contributed by atoms with Gasteiger partial charge >= 0.3 is 0 Å². The minimum Gasteiger partial charge on any atom is -0.494 e. The lowest BCUT2D eigenvalue weighted by Gasteiger charge is -2.46. The van der Waals surface area contributed by atoms with E-state index >= 15 is 0 Å². The third kappa shape index (κ3) is 2.99. The van der Waals surface area contributed by atoms with Crippen LogP contribution in [0.4, 0.5) is 0 Å². The average molecular weight is 277 g/mol. The molecule has 1 N–H and O–H groups in total. The number of hydrogen-bond donors (Lipinski definition) is 1. The first-order chi connectivity index (χ1) is 9.60. The van der Waals surface area contributed by atoms with Gasteiger partial charge in [0.25, 0.3) is 0 Å². The molecule has 0 amide bonds. The summed E-state index contributed by atoms with van der Waals surface area (Å²) in [4.78, 5) is 2.22. The molecule has 1 aliphatic rings. The van der Waals surface area contributed by atoms with E-state index < -0.39 is 6.10 Å². The Morgan fingerprint density at radius 2 is 1.75 bits per heavy atom. The van der Waals surface area contributed by atoms with Crippen LogP contribution in [0.5, 0.6) is 5.75 Å². The summed E-state index contributed by atoms with van der Waals surface area (Å²) in [6, 6.07) is 7.90. The fourth-order valence-corrected chi connectivity index (χ4v) is 3.35. The normalized spacial score (nSPS) is 19.9. The number of hydrogen-bond acceptors (Lipinski definition) is 3. The van der Waals surface area contributed by atoms with E-state index in [2.05, 4.69) is 19.0 Å². The van der Waals surface area contributed by atoms with Gasteiger partial charge in [-0.3, -0.25) is 0 Å². The maximum Gasteiger partial charge on any atom is 0.119 e. The van der Waals surface area contributed by atoms with Gasteiger partial charge in [0.1, 0.15) is 5.75 Å². The molecule has 1 unspecified atom stereocenters. The van der Waals surface area contributed by atoms with E-state index in [4.69, 9.17) is 4.74 Å². The standard InChI is InChI=1S/C17H27NO2/c1-4-20-15-10-8-14(9-11-15)16(19)17(18(2)3)12-6-5-7-13-17/h8-11,16,19H,4-7,12-13H2,1-3H3. The van der Waals surface area contributed by atoms with E-state index in [0.717, 1.165) is 24.2 Å². The largest absolute Gasteiger partial charge is 0.494 e. The first kappa shape index (κ1) is 15.3. The van der Waals surface area contributed by atoms with E-state index in [1.54, 1.807) is 0 Å². The van der Waals surface area contributed by atoms with Crippen LogP contribution < -0.4 is 4.74 Å². The molecule has 112 valence electrons. The number of benzene rings is 1. The maximum absolute atomic E-state index is 10.9. The van der Waals surface area contributed by atoms with Crippen molar-refractivity contribution in [1.82, 2.24) is 4.90 Å². The molecule has 20 heavy (non-hydrogen) atoms. The van der Waals surface area contributed by atoms with Crippen molar-refractivity contribution in [2.24, 2.45) is 0 Å². The van der Waals surface area contributed by atoms with Gasteiger partial charge in [0.15, 0.2) is 0 Å². The van der Waals surface area contributed by atoms with Crippen molar-refractivity contribution in [1.29, 1.82) is 0 Å². The molecule has 3 heteroatoms. The molecule has 0 aliphatic heterocycles. The molecule has 0 spiro atoms. The highest BCUT2D eigenvalue weighted by atomic mass is 16.5.